The Labute approximate surface area is 124 Å². The summed E-state index contributed by atoms with van der Waals surface area (Å²) in [4.78, 5) is 3.36. The van der Waals surface area contributed by atoms with E-state index in [2.05, 4.69) is 9.71 Å². The fraction of sp³-hybridized carbons (Fsp3) is 0.214. The van der Waals surface area contributed by atoms with Crippen LogP contribution in [0.2, 0.25) is 0 Å². The van der Waals surface area contributed by atoms with Crippen molar-refractivity contribution >= 4 is 15.8 Å². The third kappa shape index (κ3) is 4.78. The van der Waals surface area contributed by atoms with Crippen molar-refractivity contribution in [3.8, 4) is 0 Å². The summed E-state index contributed by atoms with van der Waals surface area (Å²) in [5.74, 6) is -1.84. The molecule has 1 aromatic heterocycles. The summed E-state index contributed by atoms with van der Waals surface area (Å²) in [6, 6.07) is 5.20. The number of benzene rings is 1. The van der Waals surface area contributed by atoms with Gasteiger partial charge in [0.25, 0.3) is 10.0 Å². The van der Waals surface area contributed by atoms with Crippen molar-refractivity contribution in [3.63, 3.8) is 0 Å². The van der Waals surface area contributed by atoms with Crippen molar-refractivity contribution in [1.29, 1.82) is 0 Å². The van der Waals surface area contributed by atoms with E-state index in [0.29, 0.717) is 6.07 Å². The lowest BCUT2D eigenvalue weighted by Gasteiger charge is -2.07. The Morgan fingerprint density at radius 1 is 1.10 bits per heavy atom. The van der Waals surface area contributed by atoms with Crippen LogP contribution >= 0.6 is 0 Å². The van der Waals surface area contributed by atoms with E-state index in [1.54, 1.807) is 13.0 Å². The molecular formula is C14H18F2N2O2S. The van der Waals surface area contributed by atoms with Gasteiger partial charge in [-0.25, -0.2) is 22.2 Å². The van der Waals surface area contributed by atoms with Crippen LogP contribution in [0.1, 0.15) is 20.8 Å². The maximum Gasteiger partial charge on any atom is 0.263 e. The first-order chi connectivity index (χ1) is 9.87. The molecule has 0 spiro atoms. The van der Waals surface area contributed by atoms with Gasteiger partial charge in [-0.2, -0.15) is 0 Å². The number of aryl methyl sites for hydroxylation is 1. The predicted octanol–water partition coefficient (Wildman–Crippen LogP) is 3.74. The van der Waals surface area contributed by atoms with Crippen LogP contribution in [0.4, 0.5) is 14.6 Å². The third-order valence-corrected chi connectivity index (χ3v) is 3.63. The molecule has 4 nitrogen and oxygen atoms in total. The first-order valence-corrected chi connectivity index (χ1v) is 7.77. The molecule has 2 aromatic rings. The van der Waals surface area contributed by atoms with Crippen LogP contribution in [-0.2, 0) is 10.0 Å². The molecule has 0 saturated heterocycles. The molecular weight excluding hydrogens is 298 g/mol. The van der Waals surface area contributed by atoms with Crippen LogP contribution in [0.15, 0.2) is 41.4 Å². The number of anilines is 1. The minimum atomic E-state index is -4.06. The maximum atomic E-state index is 13.0. The molecule has 1 N–H and O–H groups in total. The quantitative estimate of drug-likeness (QED) is 0.938. The second-order valence-electron chi connectivity index (χ2n) is 3.93. The minimum Gasteiger partial charge on any atom is -0.263 e. The Bertz CT molecular complexity index is 687. The van der Waals surface area contributed by atoms with Gasteiger partial charge in [0.05, 0.1) is 4.90 Å². The highest BCUT2D eigenvalue weighted by molar-refractivity contribution is 7.92. The standard InChI is InChI=1S/C12H10F2N2O2S.C2H6.H2/c1-8-2-3-12(15-7-8)16-19(17,18)11-5-9(13)4-10(14)6-11;1-2;/h2-7H,1H3,(H,15,16);1-2H3;1H. The van der Waals surface area contributed by atoms with Crippen LogP contribution in [0.5, 0.6) is 0 Å². The Kier molecular flexibility index (Phi) is 5.78. The molecule has 116 valence electrons. The largest absolute Gasteiger partial charge is 0.263 e. The predicted molar refractivity (Wildman–Crippen MR) is 79.6 cm³/mol. The molecule has 1 heterocycles. The number of nitrogens with zero attached hydrogens (tertiary/aromatic N) is 1. The molecule has 0 aliphatic heterocycles. The smallest absolute Gasteiger partial charge is 0.263 e. The molecule has 21 heavy (non-hydrogen) atoms. The number of nitrogens with one attached hydrogen (secondary N) is 1. The second-order valence-corrected chi connectivity index (χ2v) is 5.61. The lowest BCUT2D eigenvalue weighted by Crippen LogP contribution is -2.14. The average Bonchev–Trinajstić information content (AvgIpc) is 2.42. The van der Waals surface area contributed by atoms with E-state index in [1.807, 2.05) is 13.8 Å². The number of hydrogen-bond donors (Lipinski definition) is 1. The Hall–Kier alpha value is -2.02. The van der Waals surface area contributed by atoms with Crippen LogP contribution in [0.25, 0.3) is 0 Å². The van der Waals surface area contributed by atoms with Gasteiger partial charge in [0, 0.05) is 13.7 Å². The van der Waals surface area contributed by atoms with Gasteiger partial charge < -0.3 is 0 Å². The Balaban J connectivity index is 0.00000141. The topological polar surface area (TPSA) is 59.1 Å². The number of halogens is 2. The molecule has 0 aliphatic carbocycles. The van der Waals surface area contributed by atoms with Crippen LogP contribution < -0.4 is 4.72 Å². The summed E-state index contributed by atoms with van der Waals surface area (Å²) in [6.07, 6.45) is 1.48. The average molecular weight is 316 g/mol. The summed E-state index contributed by atoms with van der Waals surface area (Å²) < 4.78 is 52.0. The number of sulfonamides is 1. The lowest BCUT2D eigenvalue weighted by atomic mass is 10.3. The highest BCUT2D eigenvalue weighted by atomic mass is 32.2. The number of aromatic nitrogens is 1. The molecule has 0 saturated carbocycles. The van der Waals surface area contributed by atoms with Gasteiger partial charge in [-0.05, 0) is 30.7 Å². The molecule has 0 fully saturated rings. The molecule has 2 rings (SSSR count). The van der Waals surface area contributed by atoms with Gasteiger partial charge >= 0.3 is 0 Å². The first-order valence-electron chi connectivity index (χ1n) is 6.28. The fourth-order valence-electron chi connectivity index (χ4n) is 1.41. The summed E-state index contributed by atoms with van der Waals surface area (Å²) in [7, 11) is -4.06. The molecule has 7 heteroatoms. The normalized spacial score (nSPS) is 10.5. The number of hydrogen-bond acceptors (Lipinski definition) is 3. The zero-order valence-corrected chi connectivity index (χ0v) is 12.7. The van der Waals surface area contributed by atoms with Crippen molar-refractivity contribution in [2.45, 2.75) is 25.7 Å². The van der Waals surface area contributed by atoms with E-state index in [1.165, 1.54) is 12.3 Å². The van der Waals surface area contributed by atoms with Gasteiger partial charge in [0.2, 0.25) is 0 Å². The van der Waals surface area contributed by atoms with Crippen LogP contribution in [0, 0.1) is 18.6 Å². The maximum absolute atomic E-state index is 13.0. The lowest BCUT2D eigenvalue weighted by molar-refractivity contribution is 0.568. The van der Waals surface area contributed by atoms with Gasteiger partial charge in [0.1, 0.15) is 17.5 Å². The highest BCUT2D eigenvalue weighted by Gasteiger charge is 2.17. The fourth-order valence-corrected chi connectivity index (χ4v) is 2.46. The van der Waals surface area contributed by atoms with Crippen molar-refractivity contribution in [2.75, 3.05) is 4.72 Å². The van der Waals surface area contributed by atoms with E-state index >= 15 is 0 Å². The van der Waals surface area contributed by atoms with Gasteiger partial charge in [0.15, 0.2) is 0 Å². The monoisotopic (exact) mass is 316 g/mol. The van der Waals surface area contributed by atoms with E-state index < -0.39 is 26.6 Å². The summed E-state index contributed by atoms with van der Waals surface area (Å²) >= 11 is 0. The van der Waals surface area contributed by atoms with E-state index in [4.69, 9.17) is 0 Å². The summed E-state index contributed by atoms with van der Waals surface area (Å²) in [5, 5.41) is 0. The molecule has 0 unspecified atom stereocenters. The zero-order chi connectivity index (χ0) is 16.0. The molecule has 0 amide bonds. The molecule has 0 aliphatic rings. The van der Waals surface area contributed by atoms with Crippen molar-refractivity contribution in [1.82, 2.24) is 4.98 Å². The van der Waals surface area contributed by atoms with Crippen molar-refractivity contribution in [3.05, 3.63) is 53.7 Å². The van der Waals surface area contributed by atoms with Crippen LogP contribution in [0.3, 0.4) is 0 Å². The molecule has 0 bridgehead atoms. The van der Waals surface area contributed by atoms with E-state index in [9.17, 15) is 17.2 Å². The van der Waals surface area contributed by atoms with Crippen molar-refractivity contribution in [2.24, 2.45) is 0 Å². The summed E-state index contributed by atoms with van der Waals surface area (Å²) in [6.45, 7) is 5.80. The zero-order valence-electron chi connectivity index (χ0n) is 11.9. The molecule has 0 atom stereocenters. The second kappa shape index (κ2) is 7.12. The third-order valence-electron chi connectivity index (χ3n) is 2.30. The Morgan fingerprint density at radius 2 is 1.67 bits per heavy atom. The summed E-state index contributed by atoms with van der Waals surface area (Å²) in [5.41, 5.74) is 0.861. The SMILES string of the molecule is CC.Cc1ccc(NS(=O)(=O)c2cc(F)cc(F)c2)nc1.[HH]. The van der Waals surface area contributed by atoms with Gasteiger partial charge in [-0.15, -0.1) is 0 Å². The van der Waals surface area contributed by atoms with Gasteiger partial charge in [-0.3, -0.25) is 4.72 Å². The molecule has 0 radical (unpaired) electrons. The van der Waals surface area contributed by atoms with E-state index in [0.717, 1.165) is 17.7 Å². The first kappa shape index (κ1) is 17.0. The Morgan fingerprint density at radius 3 is 2.14 bits per heavy atom. The highest BCUT2D eigenvalue weighted by Crippen LogP contribution is 2.17. The number of rotatable bonds is 3. The number of pyridine rings is 1. The van der Waals surface area contributed by atoms with Crippen LogP contribution in [-0.4, -0.2) is 13.4 Å². The van der Waals surface area contributed by atoms with E-state index in [-0.39, 0.29) is 7.24 Å². The minimum absolute atomic E-state index is 0. The van der Waals surface area contributed by atoms with Gasteiger partial charge in [-0.1, -0.05) is 19.9 Å². The molecule has 1 aromatic carbocycles. The van der Waals surface area contributed by atoms with Crippen molar-refractivity contribution < 1.29 is 18.6 Å².